The highest BCUT2D eigenvalue weighted by atomic mass is 16.2. The fraction of sp³-hybridized carbons (Fsp3) is 0.550. The molecule has 27 heavy (non-hydrogen) atoms. The summed E-state index contributed by atoms with van der Waals surface area (Å²) in [4.78, 5) is 41.7. The number of nitrogens with one attached hydrogen (secondary N) is 1. The third-order valence-electron chi connectivity index (χ3n) is 5.69. The number of hydrogen-bond donors (Lipinski definition) is 2. The molecular formula is C20H28N4O3. The molecule has 7 heteroatoms. The second-order valence-corrected chi connectivity index (χ2v) is 7.72. The van der Waals surface area contributed by atoms with Crippen LogP contribution in [0.3, 0.4) is 0 Å². The van der Waals surface area contributed by atoms with E-state index in [9.17, 15) is 14.4 Å². The Hall–Kier alpha value is -2.41. The van der Waals surface area contributed by atoms with Gasteiger partial charge in [0, 0.05) is 39.2 Å². The van der Waals surface area contributed by atoms with Crippen LogP contribution in [0.5, 0.6) is 0 Å². The van der Waals surface area contributed by atoms with Gasteiger partial charge in [-0.3, -0.25) is 14.4 Å². The Morgan fingerprint density at radius 1 is 1.33 bits per heavy atom. The minimum absolute atomic E-state index is 0.00936. The Labute approximate surface area is 159 Å². The molecule has 0 aliphatic carbocycles. The summed E-state index contributed by atoms with van der Waals surface area (Å²) in [7, 11) is 3.42. The molecule has 3 amide bonds. The molecule has 1 spiro atoms. The van der Waals surface area contributed by atoms with Crippen molar-refractivity contribution in [3.05, 3.63) is 35.4 Å². The van der Waals surface area contributed by atoms with Gasteiger partial charge in [-0.1, -0.05) is 18.2 Å². The summed E-state index contributed by atoms with van der Waals surface area (Å²) in [5.74, 6) is -0.691. The average Bonchev–Trinajstić information content (AvgIpc) is 2.96. The maximum atomic E-state index is 12.9. The molecule has 3 N–H and O–H groups in total. The number of nitrogens with two attached hydrogens (primary N) is 1. The van der Waals surface area contributed by atoms with Gasteiger partial charge in [-0.25, -0.2) is 0 Å². The Bertz CT molecular complexity index is 748. The van der Waals surface area contributed by atoms with Crippen LogP contribution in [0.4, 0.5) is 0 Å². The predicted molar refractivity (Wildman–Crippen MR) is 102 cm³/mol. The van der Waals surface area contributed by atoms with Crippen LogP contribution in [0.15, 0.2) is 24.3 Å². The number of benzene rings is 1. The second-order valence-electron chi connectivity index (χ2n) is 7.72. The van der Waals surface area contributed by atoms with E-state index in [1.54, 1.807) is 23.9 Å². The summed E-state index contributed by atoms with van der Waals surface area (Å²) < 4.78 is 0. The van der Waals surface area contributed by atoms with Crippen LogP contribution in [0, 0.1) is 5.92 Å². The zero-order valence-electron chi connectivity index (χ0n) is 16.0. The molecule has 0 saturated carbocycles. The van der Waals surface area contributed by atoms with Crippen LogP contribution >= 0.6 is 0 Å². The first-order valence-electron chi connectivity index (χ1n) is 9.47. The van der Waals surface area contributed by atoms with Crippen molar-refractivity contribution in [2.45, 2.75) is 31.2 Å². The number of carbonyl (C=O) groups is 3. The summed E-state index contributed by atoms with van der Waals surface area (Å²) in [6.07, 6.45) is 2.30. The van der Waals surface area contributed by atoms with E-state index in [0.717, 1.165) is 5.56 Å². The predicted octanol–water partition coefficient (Wildman–Crippen LogP) is 0.387. The van der Waals surface area contributed by atoms with Gasteiger partial charge in [0.25, 0.3) is 5.91 Å². The number of hydrogen-bond acceptors (Lipinski definition) is 4. The van der Waals surface area contributed by atoms with Crippen molar-refractivity contribution in [3.8, 4) is 0 Å². The third kappa shape index (κ3) is 3.69. The normalized spacial score (nSPS) is 24.3. The van der Waals surface area contributed by atoms with Gasteiger partial charge in [0.05, 0.1) is 11.5 Å². The largest absolute Gasteiger partial charge is 0.348 e. The fourth-order valence-corrected chi connectivity index (χ4v) is 4.19. The number of amides is 3. The van der Waals surface area contributed by atoms with E-state index >= 15 is 0 Å². The van der Waals surface area contributed by atoms with Gasteiger partial charge in [-0.15, -0.1) is 0 Å². The molecule has 0 aromatic heterocycles. The highest BCUT2D eigenvalue weighted by Crippen LogP contribution is 2.36. The van der Waals surface area contributed by atoms with E-state index in [2.05, 4.69) is 5.32 Å². The molecule has 7 nitrogen and oxygen atoms in total. The molecule has 2 atom stereocenters. The smallest absolute Gasteiger partial charge is 0.252 e. The van der Waals surface area contributed by atoms with E-state index < -0.39 is 11.5 Å². The molecule has 1 aromatic rings. The topological polar surface area (TPSA) is 95.7 Å². The summed E-state index contributed by atoms with van der Waals surface area (Å²) >= 11 is 0. The van der Waals surface area contributed by atoms with Gasteiger partial charge >= 0.3 is 0 Å². The Balaban J connectivity index is 1.91. The lowest BCUT2D eigenvalue weighted by molar-refractivity contribution is -0.134. The highest BCUT2D eigenvalue weighted by molar-refractivity contribution is 5.97. The number of aryl methyl sites for hydroxylation is 1. The SMILES string of the molecule is CN(C)C(=O)[C@H]1CN(C(=O)CCCN)C[C@@]12CCc1ccccc1C(=O)N2. The van der Waals surface area contributed by atoms with Gasteiger partial charge in [0.2, 0.25) is 11.8 Å². The van der Waals surface area contributed by atoms with E-state index in [-0.39, 0.29) is 17.7 Å². The minimum Gasteiger partial charge on any atom is -0.348 e. The van der Waals surface area contributed by atoms with Crippen molar-refractivity contribution >= 4 is 17.7 Å². The van der Waals surface area contributed by atoms with Crippen molar-refractivity contribution in [2.75, 3.05) is 33.7 Å². The van der Waals surface area contributed by atoms with Gasteiger partial charge in [-0.05, 0) is 37.4 Å². The van der Waals surface area contributed by atoms with Crippen molar-refractivity contribution < 1.29 is 14.4 Å². The molecule has 3 rings (SSSR count). The number of rotatable bonds is 4. The standard InChI is InChI=1S/C20H28N4O3/c1-23(2)19(27)16-12-24(17(25)8-5-11-21)13-20(16)10-9-14-6-3-4-7-15(14)18(26)22-20/h3-4,6-7,16H,5,8-13,21H2,1-2H3,(H,22,26)/t16-,20+/m1/s1. The van der Waals surface area contributed by atoms with Gasteiger partial charge in [0.15, 0.2) is 0 Å². The minimum atomic E-state index is -0.740. The highest BCUT2D eigenvalue weighted by Gasteiger charge is 2.53. The third-order valence-corrected chi connectivity index (χ3v) is 5.69. The molecule has 0 radical (unpaired) electrons. The van der Waals surface area contributed by atoms with Crippen molar-refractivity contribution in [2.24, 2.45) is 11.7 Å². The molecule has 2 aliphatic heterocycles. The van der Waals surface area contributed by atoms with Crippen LogP contribution in [-0.2, 0) is 16.0 Å². The summed E-state index contributed by atoms with van der Waals surface area (Å²) in [6, 6.07) is 7.53. The first kappa shape index (κ1) is 19.4. The van der Waals surface area contributed by atoms with Gasteiger partial charge in [-0.2, -0.15) is 0 Å². The molecule has 1 fully saturated rings. The fourth-order valence-electron chi connectivity index (χ4n) is 4.19. The van der Waals surface area contributed by atoms with Crippen LogP contribution in [0.1, 0.15) is 35.2 Å². The number of likely N-dealkylation sites (tertiary alicyclic amines) is 1. The van der Waals surface area contributed by atoms with E-state index in [0.29, 0.717) is 50.9 Å². The first-order chi connectivity index (χ1) is 12.9. The maximum Gasteiger partial charge on any atom is 0.252 e. The van der Waals surface area contributed by atoms with Gasteiger partial charge in [0.1, 0.15) is 0 Å². The van der Waals surface area contributed by atoms with Crippen LogP contribution < -0.4 is 11.1 Å². The van der Waals surface area contributed by atoms with Crippen LogP contribution in [0.2, 0.25) is 0 Å². The lowest BCUT2D eigenvalue weighted by atomic mass is 9.81. The lowest BCUT2D eigenvalue weighted by Gasteiger charge is -2.34. The zero-order chi connectivity index (χ0) is 19.6. The van der Waals surface area contributed by atoms with Crippen molar-refractivity contribution in [1.29, 1.82) is 0 Å². The second kappa shape index (κ2) is 7.68. The van der Waals surface area contributed by atoms with Crippen molar-refractivity contribution in [3.63, 3.8) is 0 Å². The quantitative estimate of drug-likeness (QED) is 0.799. The van der Waals surface area contributed by atoms with E-state index in [1.807, 2.05) is 24.3 Å². The first-order valence-corrected chi connectivity index (χ1v) is 9.47. The van der Waals surface area contributed by atoms with Crippen LogP contribution in [0.25, 0.3) is 0 Å². The zero-order valence-corrected chi connectivity index (χ0v) is 16.0. The monoisotopic (exact) mass is 372 g/mol. The lowest BCUT2D eigenvalue weighted by Crippen LogP contribution is -2.57. The summed E-state index contributed by atoms with van der Waals surface area (Å²) in [6.45, 7) is 1.15. The maximum absolute atomic E-state index is 12.9. The molecule has 1 saturated heterocycles. The Morgan fingerprint density at radius 3 is 2.78 bits per heavy atom. The molecule has 2 aliphatic rings. The van der Waals surface area contributed by atoms with Crippen LogP contribution in [-0.4, -0.2) is 66.8 Å². The number of fused-ring (bicyclic) bond motifs is 1. The van der Waals surface area contributed by atoms with Gasteiger partial charge < -0.3 is 20.9 Å². The molecule has 1 aromatic carbocycles. The molecule has 146 valence electrons. The van der Waals surface area contributed by atoms with E-state index in [4.69, 9.17) is 5.73 Å². The summed E-state index contributed by atoms with van der Waals surface area (Å²) in [5.41, 5.74) is 6.42. The Morgan fingerprint density at radius 2 is 2.07 bits per heavy atom. The molecular weight excluding hydrogens is 344 g/mol. The number of nitrogens with zero attached hydrogens (tertiary/aromatic N) is 2. The van der Waals surface area contributed by atoms with Crippen molar-refractivity contribution in [1.82, 2.24) is 15.1 Å². The molecule has 0 unspecified atom stereocenters. The summed E-state index contributed by atoms with van der Waals surface area (Å²) in [5, 5.41) is 3.13. The molecule has 0 bridgehead atoms. The number of carbonyl (C=O) groups excluding carboxylic acids is 3. The van der Waals surface area contributed by atoms with E-state index in [1.165, 1.54) is 0 Å². The molecule has 2 heterocycles. The Kier molecular flexibility index (Phi) is 5.51. The average molecular weight is 372 g/mol.